The molecule has 0 aliphatic heterocycles. The lowest BCUT2D eigenvalue weighted by Crippen LogP contribution is -2.39. The Morgan fingerprint density at radius 1 is 1.38 bits per heavy atom. The van der Waals surface area contributed by atoms with Gasteiger partial charge in [0.25, 0.3) is 0 Å². The van der Waals surface area contributed by atoms with Gasteiger partial charge in [0.15, 0.2) is 0 Å². The van der Waals surface area contributed by atoms with Crippen molar-refractivity contribution in [2.45, 2.75) is 46.1 Å². The van der Waals surface area contributed by atoms with Crippen LogP contribution < -0.4 is 11.1 Å². The van der Waals surface area contributed by atoms with Crippen molar-refractivity contribution in [1.82, 2.24) is 0 Å². The summed E-state index contributed by atoms with van der Waals surface area (Å²) in [5, 5.41) is 3.40. The van der Waals surface area contributed by atoms with E-state index in [0.717, 1.165) is 24.8 Å². The number of fused-ring (bicyclic) bond motifs is 1. The van der Waals surface area contributed by atoms with Crippen molar-refractivity contribution in [3.63, 3.8) is 0 Å². The van der Waals surface area contributed by atoms with Gasteiger partial charge in [-0.25, -0.2) is 4.79 Å². The predicted molar refractivity (Wildman–Crippen MR) is 83.7 cm³/mol. The van der Waals surface area contributed by atoms with Crippen LogP contribution in [-0.4, -0.2) is 24.5 Å². The molecule has 1 amide bonds. The van der Waals surface area contributed by atoms with E-state index >= 15 is 0 Å². The second kappa shape index (κ2) is 6.58. The molecule has 1 aliphatic carbocycles. The lowest BCUT2D eigenvalue weighted by molar-refractivity contribution is -0.118. The van der Waals surface area contributed by atoms with E-state index in [9.17, 15) is 9.59 Å². The van der Waals surface area contributed by atoms with Gasteiger partial charge in [-0.2, -0.15) is 0 Å². The molecule has 1 aliphatic rings. The van der Waals surface area contributed by atoms with E-state index in [2.05, 4.69) is 5.32 Å². The van der Waals surface area contributed by atoms with E-state index < -0.39 is 6.04 Å². The van der Waals surface area contributed by atoms with E-state index in [4.69, 9.17) is 10.5 Å². The quantitative estimate of drug-likeness (QED) is 0.818. The number of carbonyl (C=O) groups excluding carboxylic acids is 2. The Kier molecular flexibility index (Phi) is 5.00. The fourth-order valence-electron chi connectivity index (χ4n) is 2.41. The summed E-state index contributed by atoms with van der Waals surface area (Å²) in [6.45, 7) is 5.88. The molecule has 1 aromatic heterocycles. The summed E-state index contributed by atoms with van der Waals surface area (Å²) in [5.74, 6) is -0.566. The fourth-order valence-corrected chi connectivity index (χ4v) is 3.69. The van der Waals surface area contributed by atoms with Crippen LogP contribution in [0.25, 0.3) is 0 Å². The first-order valence-corrected chi connectivity index (χ1v) is 8.15. The molecule has 1 atom stereocenters. The van der Waals surface area contributed by atoms with Crippen molar-refractivity contribution < 1.29 is 14.3 Å². The van der Waals surface area contributed by atoms with Crippen molar-refractivity contribution in [1.29, 1.82) is 0 Å². The summed E-state index contributed by atoms with van der Waals surface area (Å²) in [4.78, 5) is 25.5. The molecule has 0 aromatic carbocycles. The van der Waals surface area contributed by atoms with Gasteiger partial charge in [-0.15, -0.1) is 11.3 Å². The van der Waals surface area contributed by atoms with Crippen LogP contribution in [0.1, 0.15) is 48.0 Å². The van der Waals surface area contributed by atoms with Gasteiger partial charge >= 0.3 is 5.97 Å². The molecular formula is C15H22N2O3S. The number of esters is 1. The van der Waals surface area contributed by atoms with Gasteiger partial charge in [0.05, 0.1) is 18.2 Å². The van der Waals surface area contributed by atoms with Gasteiger partial charge in [0, 0.05) is 4.88 Å². The average Bonchev–Trinajstić information content (AvgIpc) is 2.97. The van der Waals surface area contributed by atoms with Gasteiger partial charge in [-0.1, -0.05) is 13.8 Å². The molecule has 5 nitrogen and oxygen atoms in total. The minimum Gasteiger partial charge on any atom is -0.462 e. The van der Waals surface area contributed by atoms with E-state index in [0.29, 0.717) is 17.2 Å². The maximum Gasteiger partial charge on any atom is 0.341 e. The maximum atomic E-state index is 12.2. The number of hydrogen-bond acceptors (Lipinski definition) is 5. The number of amides is 1. The lowest BCUT2D eigenvalue weighted by Gasteiger charge is -2.15. The van der Waals surface area contributed by atoms with Gasteiger partial charge < -0.3 is 15.8 Å². The van der Waals surface area contributed by atoms with Crippen LogP contribution in [0.4, 0.5) is 5.00 Å². The number of nitrogens with one attached hydrogen (secondary N) is 1. The normalized spacial score (nSPS) is 14.9. The Morgan fingerprint density at radius 2 is 2.10 bits per heavy atom. The zero-order chi connectivity index (χ0) is 15.6. The average molecular weight is 310 g/mol. The minimum absolute atomic E-state index is 0.0443. The van der Waals surface area contributed by atoms with Crippen molar-refractivity contribution in [2.75, 3.05) is 11.9 Å². The van der Waals surface area contributed by atoms with Crippen LogP contribution in [0.3, 0.4) is 0 Å². The highest BCUT2D eigenvalue weighted by molar-refractivity contribution is 7.17. The molecule has 2 rings (SSSR count). The number of ether oxygens (including phenoxy) is 1. The van der Waals surface area contributed by atoms with Crippen LogP contribution in [0.5, 0.6) is 0 Å². The lowest BCUT2D eigenvalue weighted by atomic mass is 10.0. The molecule has 0 saturated heterocycles. The molecule has 0 radical (unpaired) electrons. The van der Waals surface area contributed by atoms with Gasteiger partial charge in [0.2, 0.25) is 5.91 Å². The number of hydrogen-bond donors (Lipinski definition) is 2. The maximum absolute atomic E-state index is 12.2. The third-order valence-corrected chi connectivity index (χ3v) is 4.87. The molecule has 21 heavy (non-hydrogen) atoms. The van der Waals surface area contributed by atoms with Crippen LogP contribution >= 0.6 is 11.3 Å². The number of thiophene rings is 1. The largest absolute Gasteiger partial charge is 0.462 e. The number of anilines is 1. The van der Waals surface area contributed by atoms with Crippen LogP contribution in [0.15, 0.2) is 0 Å². The summed E-state index contributed by atoms with van der Waals surface area (Å²) < 4.78 is 5.13. The number of nitrogens with two attached hydrogens (primary N) is 1. The molecule has 0 saturated carbocycles. The summed E-state index contributed by atoms with van der Waals surface area (Å²) in [6, 6.07) is -0.586. The molecule has 0 fully saturated rings. The summed E-state index contributed by atoms with van der Waals surface area (Å²) in [6.07, 6.45) is 2.87. The van der Waals surface area contributed by atoms with E-state index in [1.165, 1.54) is 16.2 Å². The van der Waals surface area contributed by atoms with E-state index in [-0.39, 0.29) is 17.8 Å². The smallest absolute Gasteiger partial charge is 0.341 e. The summed E-state index contributed by atoms with van der Waals surface area (Å²) in [7, 11) is 0. The zero-order valence-corrected chi connectivity index (χ0v) is 13.5. The molecule has 0 bridgehead atoms. The third-order valence-electron chi connectivity index (χ3n) is 3.66. The standard InChI is InChI=1S/C15H22N2O3S/c1-4-20-15(19)11-9-6-5-7-10(9)21-14(11)17-13(18)12(16)8(2)3/h8,12H,4-7,16H2,1-3H3,(H,17,18)/t12-/m0/s1. The summed E-state index contributed by atoms with van der Waals surface area (Å²) in [5.41, 5.74) is 7.42. The highest BCUT2D eigenvalue weighted by atomic mass is 32.1. The van der Waals surface area contributed by atoms with E-state index in [1.807, 2.05) is 13.8 Å². The SMILES string of the molecule is CCOC(=O)c1c(NC(=O)[C@@H](N)C(C)C)sc2c1CCC2. The summed E-state index contributed by atoms with van der Waals surface area (Å²) >= 11 is 1.47. The monoisotopic (exact) mass is 310 g/mol. The first kappa shape index (κ1) is 16.0. The Morgan fingerprint density at radius 3 is 2.71 bits per heavy atom. The number of aryl methyl sites for hydroxylation is 1. The van der Waals surface area contributed by atoms with E-state index in [1.54, 1.807) is 6.92 Å². The molecule has 3 N–H and O–H groups in total. The van der Waals surface area contributed by atoms with Crippen molar-refractivity contribution in [3.05, 3.63) is 16.0 Å². The van der Waals surface area contributed by atoms with Crippen molar-refractivity contribution >= 4 is 28.2 Å². The Labute approximate surface area is 128 Å². The predicted octanol–water partition coefficient (Wildman–Crippen LogP) is 2.34. The molecular weight excluding hydrogens is 288 g/mol. The fraction of sp³-hybridized carbons (Fsp3) is 0.600. The molecule has 6 heteroatoms. The Bertz CT molecular complexity index is 551. The van der Waals surface area contributed by atoms with Crippen molar-refractivity contribution in [2.24, 2.45) is 11.7 Å². The molecule has 0 spiro atoms. The van der Waals surface area contributed by atoms with Crippen LogP contribution in [0, 0.1) is 5.92 Å². The van der Waals surface area contributed by atoms with Crippen molar-refractivity contribution in [3.8, 4) is 0 Å². The number of carbonyl (C=O) groups is 2. The molecule has 1 heterocycles. The second-order valence-corrected chi connectivity index (χ2v) is 6.65. The Balaban J connectivity index is 2.27. The van der Waals surface area contributed by atoms with Gasteiger partial charge in [-0.05, 0) is 37.7 Å². The zero-order valence-electron chi connectivity index (χ0n) is 12.7. The molecule has 0 unspecified atom stereocenters. The molecule has 116 valence electrons. The topological polar surface area (TPSA) is 81.4 Å². The van der Waals surface area contributed by atoms with Crippen LogP contribution in [-0.2, 0) is 22.4 Å². The Hall–Kier alpha value is -1.40. The highest BCUT2D eigenvalue weighted by Crippen LogP contribution is 2.39. The number of rotatable bonds is 5. The molecule has 1 aromatic rings. The minimum atomic E-state index is -0.586. The highest BCUT2D eigenvalue weighted by Gasteiger charge is 2.29. The first-order chi connectivity index (χ1) is 9.95. The second-order valence-electron chi connectivity index (χ2n) is 5.54. The van der Waals surface area contributed by atoms with Gasteiger partial charge in [-0.3, -0.25) is 4.79 Å². The first-order valence-electron chi connectivity index (χ1n) is 7.33. The third kappa shape index (κ3) is 3.27. The van der Waals surface area contributed by atoms with Gasteiger partial charge in [0.1, 0.15) is 5.00 Å². The van der Waals surface area contributed by atoms with Crippen LogP contribution in [0.2, 0.25) is 0 Å².